The summed E-state index contributed by atoms with van der Waals surface area (Å²) in [5.74, 6) is 2.58. The molecule has 0 radical (unpaired) electrons. The topological polar surface area (TPSA) is 20.3 Å². The van der Waals surface area contributed by atoms with Gasteiger partial charge in [0.05, 0.1) is 0 Å². The molecular formula is C21H27Cl2NO. The van der Waals surface area contributed by atoms with Gasteiger partial charge in [0.2, 0.25) is 5.91 Å². The van der Waals surface area contributed by atoms with Crippen LogP contribution in [-0.4, -0.2) is 23.4 Å². The van der Waals surface area contributed by atoms with Crippen molar-refractivity contribution in [3.05, 3.63) is 33.8 Å². The Morgan fingerprint density at radius 3 is 2.64 bits per heavy atom. The van der Waals surface area contributed by atoms with Crippen LogP contribution in [0.3, 0.4) is 0 Å². The summed E-state index contributed by atoms with van der Waals surface area (Å²) in [4.78, 5) is 15.3. The third-order valence-corrected chi connectivity index (χ3v) is 8.13. The first-order valence-corrected chi connectivity index (χ1v) is 10.3. The minimum absolute atomic E-state index is 0.0668. The van der Waals surface area contributed by atoms with Gasteiger partial charge in [0, 0.05) is 28.5 Å². The van der Waals surface area contributed by atoms with Crippen LogP contribution in [-0.2, 0) is 11.2 Å². The summed E-state index contributed by atoms with van der Waals surface area (Å²) < 4.78 is 0. The summed E-state index contributed by atoms with van der Waals surface area (Å²) in [5.41, 5.74) is 1.50. The fraction of sp³-hybridized carbons (Fsp3) is 0.667. The van der Waals surface area contributed by atoms with Gasteiger partial charge >= 0.3 is 0 Å². The minimum Gasteiger partial charge on any atom is -0.339 e. The third kappa shape index (κ3) is 2.80. The molecule has 2 bridgehead atoms. The largest absolute Gasteiger partial charge is 0.339 e. The molecule has 3 aliphatic carbocycles. The molecule has 1 saturated heterocycles. The van der Waals surface area contributed by atoms with Crippen LogP contribution < -0.4 is 0 Å². The van der Waals surface area contributed by atoms with Crippen molar-refractivity contribution in [1.29, 1.82) is 0 Å². The number of hydrogen-bond acceptors (Lipinski definition) is 1. The molecule has 136 valence electrons. The summed E-state index contributed by atoms with van der Waals surface area (Å²) in [7, 11) is 0. The maximum atomic E-state index is 13.1. The third-order valence-electron chi connectivity index (χ3n) is 7.55. The van der Waals surface area contributed by atoms with Gasteiger partial charge in [-0.2, -0.15) is 0 Å². The van der Waals surface area contributed by atoms with Crippen LogP contribution in [0.2, 0.25) is 10.0 Å². The first-order valence-electron chi connectivity index (χ1n) is 9.53. The van der Waals surface area contributed by atoms with E-state index in [2.05, 4.69) is 25.7 Å². The number of nitrogens with zero attached hydrogens (tertiary/aromatic N) is 1. The van der Waals surface area contributed by atoms with Crippen molar-refractivity contribution in [1.82, 2.24) is 4.90 Å². The van der Waals surface area contributed by atoms with Crippen LogP contribution in [0.25, 0.3) is 0 Å². The van der Waals surface area contributed by atoms with Crippen LogP contribution in [0, 0.1) is 29.1 Å². The second-order valence-electron chi connectivity index (χ2n) is 8.98. The van der Waals surface area contributed by atoms with E-state index >= 15 is 0 Å². The molecule has 1 heterocycles. The molecule has 1 aliphatic heterocycles. The molecule has 0 aromatic heterocycles. The molecule has 5 rings (SSSR count). The lowest BCUT2D eigenvalue weighted by Crippen LogP contribution is -2.61. The molecule has 0 N–H and O–H groups in total. The van der Waals surface area contributed by atoms with Crippen molar-refractivity contribution in [2.45, 2.75) is 52.5 Å². The van der Waals surface area contributed by atoms with Gasteiger partial charge in [-0.1, -0.05) is 50.0 Å². The molecule has 1 amide bonds. The zero-order valence-corrected chi connectivity index (χ0v) is 16.8. The zero-order valence-electron chi connectivity index (χ0n) is 15.3. The number of fused-ring (bicyclic) bond motifs is 2. The number of hydrogen-bond donors (Lipinski definition) is 0. The van der Waals surface area contributed by atoms with E-state index in [0.717, 1.165) is 36.8 Å². The van der Waals surface area contributed by atoms with Gasteiger partial charge in [0.25, 0.3) is 0 Å². The zero-order chi connectivity index (χ0) is 17.9. The van der Waals surface area contributed by atoms with Gasteiger partial charge in [-0.05, 0) is 66.5 Å². The van der Waals surface area contributed by atoms with Crippen LogP contribution in [0.1, 0.15) is 45.6 Å². The number of carbonyl (C=O) groups is 1. The summed E-state index contributed by atoms with van der Waals surface area (Å²) in [6.07, 6.45) is 4.21. The molecule has 1 unspecified atom stereocenters. The standard InChI is InChI=1S/C21H27Cl2NO/c1-12-17-9-15(21(17,2)3)10-19(12)24-7-6-14(20(24)25)8-13-4-5-16(22)11-18(13)23/h4-5,11-12,14-15,17,19H,6-10H2,1-3H3/t12-,14?,15+,17-,19-/m1/s1. The SMILES string of the molecule is C[C@H]1[C@H](N2CCC(Cc3ccc(Cl)cc3Cl)C2=O)C[C@@H]2C[C@H]1C2(C)C. The summed E-state index contributed by atoms with van der Waals surface area (Å²) in [6, 6.07) is 6.03. The molecule has 2 nitrogen and oxygen atoms in total. The Hall–Kier alpha value is -0.730. The van der Waals surface area contributed by atoms with E-state index in [0.29, 0.717) is 33.3 Å². The quantitative estimate of drug-likeness (QED) is 0.682. The monoisotopic (exact) mass is 379 g/mol. The highest BCUT2D eigenvalue weighted by Gasteiger charge is 2.58. The Morgan fingerprint density at radius 1 is 1.24 bits per heavy atom. The van der Waals surface area contributed by atoms with Crippen molar-refractivity contribution in [2.24, 2.45) is 29.1 Å². The Balaban J connectivity index is 1.45. The highest BCUT2D eigenvalue weighted by Crippen LogP contribution is 2.62. The molecule has 1 aromatic rings. The first kappa shape index (κ1) is 17.7. The van der Waals surface area contributed by atoms with Gasteiger partial charge in [0.1, 0.15) is 0 Å². The number of likely N-dealkylation sites (tertiary alicyclic amines) is 1. The average Bonchev–Trinajstić information content (AvgIpc) is 2.90. The van der Waals surface area contributed by atoms with Crippen molar-refractivity contribution >= 4 is 29.1 Å². The van der Waals surface area contributed by atoms with Gasteiger partial charge in [-0.25, -0.2) is 0 Å². The summed E-state index contributed by atoms with van der Waals surface area (Å²) in [6.45, 7) is 8.10. The molecule has 0 spiro atoms. The molecule has 4 aliphatic rings. The van der Waals surface area contributed by atoms with Crippen LogP contribution in [0.15, 0.2) is 18.2 Å². The lowest BCUT2D eigenvalue weighted by molar-refractivity contribution is -0.155. The fourth-order valence-electron chi connectivity index (χ4n) is 5.77. The van der Waals surface area contributed by atoms with Crippen LogP contribution in [0.4, 0.5) is 0 Å². The lowest BCUT2D eigenvalue weighted by Gasteiger charge is -2.63. The predicted molar refractivity (Wildman–Crippen MR) is 103 cm³/mol. The van der Waals surface area contributed by atoms with Crippen LogP contribution in [0.5, 0.6) is 0 Å². The molecule has 4 fully saturated rings. The Labute approximate surface area is 160 Å². The molecule has 5 atom stereocenters. The number of halogens is 2. The number of carbonyl (C=O) groups excluding carboxylic acids is 1. The Bertz CT molecular complexity index is 701. The lowest BCUT2D eigenvalue weighted by atomic mass is 9.44. The molecule has 1 aromatic carbocycles. The second kappa shape index (κ2) is 6.16. The van der Waals surface area contributed by atoms with Gasteiger partial charge in [-0.3, -0.25) is 4.79 Å². The van der Waals surface area contributed by atoms with Gasteiger partial charge in [0.15, 0.2) is 0 Å². The molecule has 3 saturated carbocycles. The van der Waals surface area contributed by atoms with Crippen molar-refractivity contribution < 1.29 is 4.79 Å². The van der Waals surface area contributed by atoms with Gasteiger partial charge in [-0.15, -0.1) is 0 Å². The highest BCUT2D eigenvalue weighted by molar-refractivity contribution is 6.35. The van der Waals surface area contributed by atoms with Crippen molar-refractivity contribution in [2.75, 3.05) is 6.54 Å². The van der Waals surface area contributed by atoms with E-state index < -0.39 is 0 Å². The fourth-order valence-corrected chi connectivity index (χ4v) is 6.25. The van der Waals surface area contributed by atoms with E-state index in [1.165, 1.54) is 12.8 Å². The summed E-state index contributed by atoms with van der Waals surface area (Å²) >= 11 is 12.3. The number of benzene rings is 1. The second-order valence-corrected chi connectivity index (χ2v) is 9.82. The van der Waals surface area contributed by atoms with E-state index in [1.54, 1.807) is 6.07 Å². The highest BCUT2D eigenvalue weighted by atomic mass is 35.5. The van der Waals surface area contributed by atoms with E-state index in [-0.39, 0.29) is 5.92 Å². The van der Waals surface area contributed by atoms with E-state index in [1.807, 2.05) is 12.1 Å². The molecular weight excluding hydrogens is 353 g/mol. The average molecular weight is 380 g/mol. The number of rotatable bonds is 3. The maximum Gasteiger partial charge on any atom is 0.226 e. The van der Waals surface area contributed by atoms with Crippen LogP contribution >= 0.6 is 23.2 Å². The maximum absolute atomic E-state index is 13.1. The Kier molecular flexibility index (Phi) is 4.36. The smallest absolute Gasteiger partial charge is 0.226 e. The van der Waals surface area contributed by atoms with Crippen molar-refractivity contribution in [3.8, 4) is 0 Å². The van der Waals surface area contributed by atoms with E-state index in [4.69, 9.17) is 23.2 Å². The normalized spacial score (nSPS) is 36.4. The minimum atomic E-state index is 0.0668. The van der Waals surface area contributed by atoms with Gasteiger partial charge < -0.3 is 4.90 Å². The number of amides is 1. The Morgan fingerprint density at radius 2 is 2.00 bits per heavy atom. The van der Waals surface area contributed by atoms with E-state index in [9.17, 15) is 4.79 Å². The first-order chi connectivity index (χ1) is 11.8. The van der Waals surface area contributed by atoms with Crippen molar-refractivity contribution in [3.63, 3.8) is 0 Å². The molecule has 25 heavy (non-hydrogen) atoms. The summed E-state index contributed by atoms with van der Waals surface area (Å²) in [5, 5.41) is 1.32. The molecule has 4 heteroatoms. The predicted octanol–water partition coefficient (Wildman–Crippen LogP) is 5.46.